The molecule has 0 saturated heterocycles. The van der Waals surface area contributed by atoms with E-state index in [0.717, 1.165) is 32.1 Å². The maximum atomic E-state index is 12.3. The Labute approximate surface area is 287 Å². The zero-order valence-corrected chi connectivity index (χ0v) is 31.2. The minimum Gasteiger partial charge on any atom is -0.464 e. The molecule has 2 N–H and O–H groups in total. The summed E-state index contributed by atoms with van der Waals surface area (Å²) in [7, 11) is 0. The maximum absolute atomic E-state index is 12.3. The van der Waals surface area contributed by atoms with Crippen molar-refractivity contribution in [3.05, 3.63) is 0 Å². The van der Waals surface area contributed by atoms with Crippen molar-refractivity contribution < 1.29 is 19.4 Å². The van der Waals surface area contributed by atoms with Crippen LogP contribution in [0, 0.1) is 0 Å². The Morgan fingerprint density at radius 3 is 1.04 bits per heavy atom. The fourth-order valence-corrected chi connectivity index (χ4v) is 6.38. The Kier molecular flexibility index (Phi) is 37.4. The van der Waals surface area contributed by atoms with Crippen LogP contribution in [0.15, 0.2) is 0 Å². The van der Waals surface area contributed by atoms with Crippen LogP contribution in [0.3, 0.4) is 0 Å². The van der Waals surface area contributed by atoms with E-state index in [9.17, 15) is 14.7 Å². The number of aliphatic hydroxyl groups excluding tert-OH is 1. The lowest BCUT2D eigenvalue weighted by molar-refractivity contribution is -0.149. The van der Waals surface area contributed by atoms with Crippen LogP contribution in [0.25, 0.3) is 0 Å². The van der Waals surface area contributed by atoms with Gasteiger partial charge in [0.05, 0.1) is 13.2 Å². The first-order chi connectivity index (χ1) is 22.7. The molecule has 0 radical (unpaired) electrons. The monoisotopic (exact) mass is 652 g/mol. The van der Waals surface area contributed by atoms with E-state index in [1.54, 1.807) is 0 Å². The van der Waals surface area contributed by atoms with E-state index >= 15 is 0 Å². The van der Waals surface area contributed by atoms with Gasteiger partial charge >= 0.3 is 5.97 Å². The van der Waals surface area contributed by atoms with E-state index in [4.69, 9.17) is 4.74 Å². The number of amides is 1. The number of hydrogen-bond acceptors (Lipinski definition) is 4. The third-order valence-electron chi connectivity index (χ3n) is 9.55. The number of unbranched alkanes of at least 4 members (excludes halogenated alkanes) is 31. The molecule has 274 valence electrons. The molecular weight excluding hydrogens is 570 g/mol. The van der Waals surface area contributed by atoms with Crippen molar-refractivity contribution in [1.29, 1.82) is 0 Å². The number of carbonyl (C=O) groups excluding carboxylic acids is 2. The van der Waals surface area contributed by atoms with Crippen LogP contribution >= 0.6 is 0 Å². The Morgan fingerprint density at radius 2 is 0.739 bits per heavy atom. The van der Waals surface area contributed by atoms with Crippen LogP contribution in [-0.4, -0.2) is 36.2 Å². The topological polar surface area (TPSA) is 75.6 Å². The van der Waals surface area contributed by atoms with Crippen LogP contribution in [-0.2, 0) is 14.3 Å². The molecule has 0 fully saturated rings. The van der Waals surface area contributed by atoms with E-state index in [1.165, 1.54) is 180 Å². The molecular formula is C41H81NO4. The summed E-state index contributed by atoms with van der Waals surface area (Å²) in [5.41, 5.74) is 0. The molecule has 0 heterocycles. The van der Waals surface area contributed by atoms with E-state index in [-0.39, 0.29) is 5.91 Å². The Morgan fingerprint density at radius 1 is 0.457 bits per heavy atom. The zero-order valence-electron chi connectivity index (χ0n) is 31.2. The maximum Gasteiger partial charge on any atom is 0.331 e. The first-order valence-electron chi connectivity index (χ1n) is 20.7. The molecule has 0 aromatic rings. The van der Waals surface area contributed by atoms with Crippen LogP contribution in [0.1, 0.15) is 232 Å². The lowest BCUT2D eigenvalue weighted by Crippen LogP contribution is -2.44. The molecule has 0 rings (SSSR count). The van der Waals surface area contributed by atoms with Crippen LogP contribution in [0.4, 0.5) is 0 Å². The molecule has 0 aromatic carbocycles. The summed E-state index contributed by atoms with van der Waals surface area (Å²) >= 11 is 0. The highest BCUT2D eigenvalue weighted by Crippen LogP contribution is 2.16. The Balaban J connectivity index is 3.43. The lowest BCUT2D eigenvalue weighted by Gasteiger charge is -2.15. The van der Waals surface area contributed by atoms with Gasteiger partial charge in [-0.25, -0.2) is 4.79 Å². The standard InChI is InChI=1S/C41H81NO4/c1-3-5-7-9-11-13-15-16-17-18-19-20-21-22-23-24-25-26-27-28-30-32-34-36-40(44)42-39(38-43)41(45)46-37-35-33-31-29-14-12-10-8-6-4-2/h39,43H,3-38H2,1-2H3,(H,42,44)/t39-/m0/s1. The summed E-state index contributed by atoms with van der Waals surface area (Å²) in [6.45, 7) is 4.48. The van der Waals surface area contributed by atoms with Crippen LogP contribution in [0.2, 0.25) is 0 Å². The summed E-state index contributed by atoms with van der Waals surface area (Å²) in [5.74, 6) is -0.686. The summed E-state index contributed by atoms with van der Waals surface area (Å²) < 4.78 is 5.31. The first-order valence-corrected chi connectivity index (χ1v) is 20.7. The molecule has 0 aliphatic carbocycles. The normalized spacial score (nSPS) is 12.0. The van der Waals surface area contributed by atoms with Crippen molar-refractivity contribution in [1.82, 2.24) is 5.32 Å². The highest BCUT2D eigenvalue weighted by molar-refractivity contribution is 5.84. The van der Waals surface area contributed by atoms with Gasteiger partial charge in [-0.05, 0) is 12.8 Å². The van der Waals surface area contributed by atoms with E-state index < -0.39 is 18.6 Å². The number of nitrogens with one attached hydrogen (secondary N) is 1. The van der Waals surface area contributed by atoms with E-state index in [2.05, 4.69) is 19.2 Å². The number of aliphatic hydroxyl groups is 1. The number of carbonyl (C=O) groups is 2. The van der Waals surface area contributed by atoms with Crippen molar-refractivity contribution >= 4 is 11.9 Å². The van der Waals surface area contributed by atoms with Gasteiger partial charge in [-0.15, -0.1) is 0 Å². The summed E-state index contributed by atoms with van der Waals surface area (Å²) in [4.78, 5) is 24.5. The predicted octanol–water partition coefficient (Wildman–Crippen LogP) is 12.3. The second-order valence-corrected chi connectivity index (χ2v) is 14.2. The van der Waals surface area contributed by atoms with Gasteiger partial charge in [0.2, 0.25) is 5.91 Å². The van der Waals surface area contributed by atoms with Gasteiger partial charge in [-0.1, -0.05) is 213 Å². The van der Waals surface area contributed by atoms with Gasteiger partial charge in [-0.3, -0.25) is 4.79 Å². The van der Waals surface area contributed by atoms with Crippen molar-refractivity contribution in [3.63, 3.8) is 0 Å². The molecule has 46 heavy (non-hydrogen) atoms. The molecule has 0 aliphatic rings. The molecule has 0 aliphatic heterocycles. The fourth-order valence-electron chi connectivity index (χ4n) is 6.38. The molecule has 0 aromatic heterocycles. The minimum absolute atomic E-state index is 0.168. The highest BCUT2D eigenvalue weighted by Gasteiger charge is 2.21. The average Bonchev–Trinajstić information content (AvgIpc) is 3.06. The van der Waals surface area contributed by atoms with E-state index in [0.29, 0.717) is 13.0 Å². The fraction of sp³-hybridized carbons (Fsp3) is 0.951. The van der Waals surface area contributed by atoms with E-state index in [1.807, 2.05) is 0 Å². The van der Waals surface area contributed by atoms with Crippen LogP contribution in [0.5, 0.6) is 0 Å². The quantitative estimate of drug-likeness (QED) is 0.0514. The van der Waals surface area contributed by atoms with Crippen molar-refractivity contribution in [2.75, 3.05) is 13.2 Å². The highest BCUT2D eigenvalue weighted by atomic mass is 16.5. The van der Waals surface area contributed by atoms with Crippen molar-refractivity contribution in [2.24, 2.45) is 0 Å². The average molecular weight is 652 g/mol. The summed E-state index contributed by atoms with van der Waals surface area (Å²) in [5, 5.41) is 12.2. The first kappa shape index (κ1) is 44.9. The van der Waals surface area contributed by atoms with Gasteiger partial charge in [0.1, 0.15) is 0 Å². The lowest BCUT2D eigenvalue weighted by atomic mass is 10.0. The third-order valence-corrected chi connectivity index (χ3v) is 9.55. The molecule has 0 spiro atoms. The molecule has 1 amide bonds. The summed E-state index contributed by atoms with van der Waals surface area (Å²) in [6, 6.07) is -0.944. The molecule has 0 saturated carbocycles. The largest absolute Gasteiger partial charge is 0.464 e. The van der Waals surface area contributed by atoms with Gasteiger partial charge < -0.3 is 15.2 Å². The predicted molar refractivity (Wildman–Crippen MR) is 198 cm³/mol. The summed E-state index contributed by atoms with van der Waals surface area (Å²) in [6.07, 6.45) is 43.8. The number of hydrogen-bond donors (Lipinski definition) is 2. The molecule has 0 bridgehead atoms. The van der Waals surface area contributed by atoms with Crippen molar-refractivity contribution in [2.45, 2.75) is 238 Å². The second-order valence-electron chi connectivity index (χ2n) is 14.2. The van der Waals surface area contributed by atoms with Crippen LogP contribution < -0.4 is 5.32 Å². The molecule has 0 unspecified atom stereocenters. The number of ether oxygens (including phenoxy) is 1. The number of esters is 1. The Bertz CT molecular complexity index is 626. The number of rotatable bonds is 38. The van der Waals surface area contributed by atoms with Gasteiger partial charge in [0.25, 0.3) is 0 Å². The molecule has 5 nitrogen and oxygen atoms in total. The molecule has 5 heteroatoms. The third kappa shape index (κ3) is 34.2. The van der Waals surface area contributed by atoms with Gasteiger partial charge in [-0.2, -0.15) is 0 Å². The van der Waals surface area contributed by atoms with Gasteiger partial charge in [0.15, 0.2) is 6.04 Å². The molecule has 1 atom stereocenters. The smallest absolute Gasteiger partial charge is 0.331 e. The minimum atomic E-state index is -0.944. The second kappa shape index (κ2) is 38.3. The zero-order chi connectivity index (χ0) is 33.6. The van der Waals surface area contributed by atoms with Gasteiger partial charge in [0, 0.05) is 6.42 Å². The van der Waals surface area contributed by atoms with Crippen molar-refractivity contribution in [3.8, 4) is 0 Å². The Hall–Kier alpha value is -1.10. The SMILES string of the molecule is CCCCCCCCCCCCCCCCCCCCCCCCCC(=O)N[C@@H](CO)C(=O)OCCCCCCCCCCCC.